The molecule has 0 saturated carbocycles. The first-order valence-electron chi connectivity index (χ1n) is 11.0. The summed E-state index contributed by atoms with van der Waals surface area (Å²) in [6, 6.07) is 15.2. The van der Waals surface area contributed by atoms with E-state index in [1.54, 1.807) is 11.0 Å². The minimum Gasteiger partial charge on any atom is -0.444 e. The summed E-state index contributed by atoms with van der Waals surface area (Å²) in [5, 5.41) is 0.582. The van der Waals surface area contributed by atoms with Gasteiger partial charge in [0.2, 0.25) is 0 Å². The highest BCUT2D eigenvalue weighted by molar-refractivity contribution is 5.79. The van der Waals surface area contributed by atoms with Crippen LogP contribution < -0.4 is 5.56 Å². The van der Waals surface area contributed by atoms with E-state index in [9.17, 15) is 9.59 Å². The van der Waals surface area contributed by atoms with E-state index >= 15 is 0 Å². The summed E-state index contributed by atoms with van der Waals surface area (Å²) in [5.41, 5.74) is 1.95. The molecule has 1 fully saturated rings. The predicted molar refractivity (Wildman–Crippen MR) is 123 cm³/mol. The number of aromatic nitrogens is 2. The number of carbonyl (C=O) groups is 1. The minimum atomic E-state index is -0.480. The van der Waals surface area contributed by atoms with Gasteiger partial charge in [0.15, 0.2) is 0 Å². The van der Waals surface area contributed by atoms with Gasteiger partial charge >= 0.3 is 6.09 Å². The van der Waals surface area contributed by atoms with Crippen molar-refractivity contribution in [1.29, 1.82) is 0 Å². The molecule has 7 heteroatoms. The van der Waals surface area contributed by atoms with E-state index in [4.69, 9.17) is 9.47 Å². The molecule has 1 aliphatic heterocycles. The maximum Gasteiger partial charge on any atom is 0.410 e. The number of hydrogen-bond donors (Lipinski definition) is 1. The second-order valence-corrected chi connectivity index (χ2v) is 9.11. The number of nitrogens with one attached hydrogen (secondary N) is 1. The number of benzene rings is 2. The van der Waals surface area contributed by atoms with Crippen molar-refractivity contribution in [3.05, 3.63) is 64.4 Å². The molecule has 0 radical (unpaired) electrons. The molecule has 2 aromatic carbocycles. The van der Waals surface area contributed by atoms with Gasteiger partial charge in [-0.15, -0.1) is 0 Å². The largest absolute Gasteiger partial charge is 0.444 e. The number of rotatable bonds is 4. The van der Waals surface area contributed by atoms with E-state index in [0.717, 1.165) is 24.0 Å². The van der Waals surface area contributed by atoms with Gasteiger partial charge in [0.25, 0.3) is 5.56 Å². The lowest BCUT2D eigenvalue weighted by Crippen LogP contribution is -2.43. The Morgan fingerprint density at radius 2 is 1.78 bits per heavy atom. The number of amides is 1. The number of H-pyrrole nitrogens is 1. The number of aromatic amines is 1. The van der Waals surface area contributed by atoms with Crippen LogP contribution in [0.25, 0.3) is 22.3 Å². The average molecular weight is 436 g/mol. The van der Waals surface area contributed by atoms with E-state index in [0.29, 0.717) is 36.4 Å². The Morgan fingerprint density at radius 1 is 1.09 bits per heavy atom. The van der Waals surface area contributed by atoms with Gasteiger partial charge in [0.05, 0.1) is 23.6 Å². The normalized spacial score (nSPS) is 15.2. The summed E-state index contributed by atoms with van der Waals surface area (Å²) in [6.45, 7) is 7.40. The van der Waals surface area contributed by atoms with Gasteiger partial charge in [0, 0.05) is 18.7 Å². The zero-order valence-corrected chi connectivity index (χ0v) is 18.8. The molecule has 1 saturated heterocycles. The molecule has 2 heterocycles. The maximum absolute atomic E-state index is 12.3. The van der Waals surface area contributed by atoms with Gasteiger partial charge in [-0.25, -0.2) is 9.78 Å². The summed E-state index contributed by atoms with van der Waals surface area (Å²) in [5.74, 6) is 0.552. The van der Waals surface area contributed by atoms with Crippen molar-refractivity contribution in [1.82, 2.24) is 14.9 Å². The molecule has 0 spiro atoms. The summed E-state index contributed by atoms with van der Waals surface area (Å²) >= 11 is 0. The first-order chi connectivity index (χ1) is 15.3. The van der Waals surface area contributed by atoms with Crippen LogP contribution in [0.15, 0.2) is 53.3 Å². The number of piperidine rings is 1. The average Bonchev–Trinajstić information content (AvgIpc) is 2.77. The smallest absolute Gasteiger partial charge is 0.410 e. The molecule has 0 bridgehead atoms. The van der Waals surface area contributed by atoms with Gasteiger partial charge in [-0.1, -0.05) is 36.4 Å². The van der Waals surface area contributed by atoms with Crippen LogP contribution in [0.1, 0.15) is 39.2 Å². The lowest BCUT2D eigenvalue weighted by Gasteiger charge is -2.33. The molecule has 0 atom stereocenters. The molecule has 1 amide bonds. The Hall–Kier alpha value is -3.19. The summed E-state index contributed by atoms with van der Waals surface area (Å²) in [4.78, 5) is 33.7. The standard InChI is InChI=1S/C25H29N3O4/c1-25(2,3)32-24(30)28-14-12-19(13-15-28)31-16-17-8-10-18(11-9-17)22-26-21-7-5-4-6-20(21)23(29)27-22/h4-11,19H,12-16H2,1-3H3,(H,26,27,29). The number of carbonyl (C=O) groups excluding carboxylic acids is 1. The van der Waals surface area contributed by atoms with E-state index < -0.39 is 5.60 Å². The molecule has 0 aliphatic carbocycles. The Bertz CT molecular complexity index is 1140. The Balaban J connectivity index is 1.32. The van der Waals surface area contributed by atoms with Crippen LogP contribution >= 0.6 is 0 Å². The van der Waals surface area contributed by atoms with Gasteiger partial charge in [0.1, 0.15) is 11.4 Å². The first kappa shape index (κ1) is 22.0. The van der Waals surface area contributed by atoms with Gasteiger partial charge in [-0.2, -0.15) is 0 Å². The number of fused-ring (bicyclic) bond motifs is 1. The topological polar surface area (TPSA) is 84.5 Å². The number of para-hydroxylation sites is 1. The van der Waals surface area contributed by atoms with Crippen molar-refractivity contribution in [3.63, 3.8) is 0 Å². The van der Waals surface area contributed by atoms with E-state index in [1.807, 2.05) is 63.2 Å². The molecule has 1 aromatic heterocycles. The highest BCUT2D eigenvalue weighted by atomic mass is 16.6. The van der Waals surface area contributed by atoms with Crippen molar-refractivity contribution in [2.24, 2.45) is 0 Å². The summed E-state index contributed by atoms with van der Waals surface area (Å²) in [7, 11) is 0. The highest BCUT2D eigenvalue weighted by Gasteiger charge is 2.27. The van der Waals surface area contributed by atoms with Crippen LogP contribution in [0.4, 0.5) is 4.79 Å². The van der Waals surface area contributed by atoms with Crippen molar-refractivity contribution in [3.8, 4) is 11.4 Å². The molecule has 168 valence electrons. The van der Waals surface area contributed by atoms with Crippen molar-refractivity contribution < 1.29 is 14.3 Å². The van der Waals surface area contributed by atoms with Crippen LogP contribution in [-0.4, -0.2) is 45.8 Å². The van der Waals surface area contributed by atoms with Crippen molar-refractivity contribution >= 4 is 17.0 Å². The van der Waals surface area contributed by atoms with Gasteiger partial charge < -0.3 is 19.4 Å². The van der Waals surface area contributed by atoms with Crippen molar-refractivity contribution in [2.45, 2.75) is 51.9 Å². The molecular weight excluding hydrogens is 406 g/mol. The van der Waals surface area contributed by atoms with E-state index in [2.05, 4.69) is 9.97 Å². The third-order valence-corrected chi connectivity index (χ3v) is 5.42. The third kappa shape index (κ3) is 5.34. The van der Waals surface area contributed by atoms with Crippen LogP contribution in [0.5, 0.6) is 0 Å². The highest BCUT2D eigenvalue weighted by Crippen LogP contribution is 2.20. The predicted octanol–water partition coefficient (Wildman–Crippen LogP) is 4.51. The quantitative estimate of drug-likeness (QED) is 0.652. The second-order valence-electron chi connectivity index (χ2n) is 9.11. The third-order valence-electron chi connectivity index (χ3n) is 5.42. The van der Waals surface area contributed by atoms with Crippen LogP contribution in [-0.2, 0) is 16.1 Å². The Labute approximate surface area is 187 Å². The fourth-order valence-electron chi connectivity index (χ4n) is 3.73. The fourth-order valence-corrected chi connectivity index (χ4v) is 3.73. The lowest BCUT2D eigenvalue weighted by atomic mass is 10.1. The molecular formula is C25H29N3O4. The molecule has 1 aliphatic rings. The Morgan fingerprint density at radius 3 is 2.47 bits per heavy atom. The SMILES string of the molecule is CC(C)(C)OC(=O)N1CCC(OCc2ccc(-c3nc4ccccc4c(=O)[nH]3)cc2)CC1. The van der Waals surface area contributed by atoms with E-state index in [-0.39, 0.29) is 17.8 Å². The molecule has 0 unspecified atom stereocenters. The zero-order chi connectivity index (χ0) is 22.7. The lowest BCUT2D eigenvalue weighted by molar-refractivity contribution is -0.0170. The molecule has 7 nitrogen and oxygen atoms in total. The molecule has 1 N–H and O–H groups in total. The first-order valence-corrected chi connectivity index (χ1v) is 11.0. The zero-order valence-electron chi connectivity index (χ0n) is 18.8. The van der Waals surface area contributed by atoms with Crippen molar-refractivity contribution in [2.75, 3.05) is 13.1 Å². The summed E-state index contributed by atoms with van der Waals surface area (Å²) < 4.78 is 11.5. The van der Waals surface area contributed by atoms with Crippen LogP contribution in [0.2, 0.25) is 0 Å². The molecule has 32 heavy (non-hydrogen) atoms. The number of likely N-dealkylation sites (tertiary alicyclic amines) is 1. The minimum absolute atomic E-state index is 0.117. The fraction of sp³-hybridized carbons (Fsp3) is 0.400. The van der Waals surface area contributed by atoms with E-state index in [1.165, 1.54) is 0 Å². The number of ether oxygens (including phenoxy) is 2. The summed E-state index contributed by atoms with van der Waals surface area (Å²) in [6.07, 6.45) is 1.44. The molecule has 3 aromatic rings. The van der Waals surface area contributed by atoms with Crippen LogP contribution in [0.3, 0.4) is 0 Å². The Kier molecular flexibility index (Phi) is 6.28. The monoisotopic (exact) mass is 435 g/mol. The van der Waals surface area contributed by atoms with Gasteiger partial charge in [-0.05, 0) is 51.3 Å². The number of hydrogen-bond acceptors (Lipinski definition) is 5. The maximum atomic E-state index is 12.3. The second kappa shape index (κ2) is 9.12. The number of nitrogens with zero attached hydrogens (tertiary/aromatic N) is 2. The van der Waals surface area contributed by atoms with Gasteiger partial charge in [-0.3, -0.25) is 4.79 Å². The van der Waals surface area contributed by atoms with Crippen LogP contribution in [0, 0.1) is 0 Å². The molecule has 4 rings (SSSR count).